The summed E-state index contributed by atoms with van der Waals surface area (Å²) in [5.41, 5.74) is 7.61. The highest BCUT2D eigenvalue weighted by Gasteiger charge is 2.22. The van der Waals surface area contributed by atoms with Crippen LogP contribution in [0.3, 0.4) is 0 Å². The summed E-state index contributed by atoms with van der Waals surface area (Å²) in [5, 5.41) is 14.6. The average Bonchev–Trinajstić information content (AvgIpc) is 2.46. The smallest absolute Gasteiger partial charge is 0.0814 e. The number of nitrogens with one attached hydrogen (secondary N) is 1. The van der Waals surface area contributed by atoms with Gasteiger partial charge in [-0.3, -0.25) is 4.98 Å². The number of hydrogen-bond donors (Lipinski definition) is 3. The summed E-state index contributed by atoms with van der Waals surface area (Å²) in [6, 6.07) is 5.87. The van der Waals surface area contributed by atoms with Gasteiger partial charge in [0.25, 0.3) is 0 Å². The Balaban J connectivity index is 2.38. The standard InChI is InChI=1S/C15H20BrN3O/c1-3-15(20,4-2)9-19-14-11-7-10(16)5-6-13(11)18-8-12(14)17/h5-8,20H,3-4,9,17H2,1-2H3,(H,18,19). The van der Waals surface area contributed by atoms with Gasteiger partial charge in [-0.1, -0.05) is 29.8 Å². The number of nitrogens with zero attached hydrogens (tertiary/aromatic N) is 1. The molecule has 1 aromatic carbocycles. The molecule has 4 nitrogen and oxygen atoms in total. The molecule has 2 aromatic rings. The fraction of sp³-hybridized carbons (Fsp3) is 0.400. The van der Waals surface area contributed by atoms with Crippen LogP contribution in [0.1, 0.15) is 26.7 Å². The van der Waals surface area contributed by atoms with E-state index in [1.54, 1.807) is 6.20 Å². The molecule has 108 valence electrons. The molecule has 0 radical (unpaired) electrons. The molecule has 0 fully saturated rings. The van der Waals surface area contributed by atoms with Crippen LogP contribution < -0.4 is 11.1 Å². The third-order valence-corrected chi connectivity index (χ3v) is 4.26. The van der Waals surface area contributed by atoms with Gasteiger partial charge in [-0.25, -0.2) is 0 Å². The number of benzene rings is 1. The summed E-state index contributed by atoms with van der Waals surface area (Å²) in [6.07, 6.45) is 3.04. The second kappa shape index (κ2) is 5.97. The third kappa shape index (κ3) is 3.04. The molecule has 0 amide bonds. The minimum absolute atomic E-state index is 0.468. The second-order valence-electron chi connectivity index (χ2n) is 5.04. The van der Waals surface area contributed by atoms with Crippen LogP contribution in [0.2, 0.25) is 0 Å². The lowest BCUT2D eigenvalue weighted by molar-refractivity contribution is 0.0457. The van der Waals surface area contributed by atoms with E-state index in [0.29, 0.717) is 25.1 Å². The Morgan fingerprint density at radius 2 is 2.05 bits per heavy atom. The summed E-state index contributed by atoms with van der Waals surface area (Å²) in [4.78, 5) is 4.32. The van der Waals surface area contributed by atoms with E-state index in [4.69, 9.17) is 5.73 Å². The fourth-order valence-corrected chi connectivity index (χ4v) is 2.49. The molecule has 0 aliphatic carbocycles. The van der Waals surface area contributed by atoms with Gasteiger partial charge in [0.05, 0.1) is 28.7 Å². The van der Waals surface area contributed by atoms with Gasteiger partial charge in [-0.2, -0.15) is 0 Å². The van der Waals surface area contributed by atoms with Crippen molar-refractivity contribution in [3.05, 3.63) is 28.9 Å². The molecule has 0 atom stereocenters. The number of aromatic nitrogens is 1. The van der Waals surface area contributed by atoms with Gasteiger partial charge in [0.1, 0.15) is 0 Å². The van der Waals surface area contributed by atoms with Gasteiger partial charge in [0.15, 0.2) is 0 Å². The zero-order valence-electron chi connectivity index (χ0n) is 11.8. The highest BCUT2D eigenvalue weighted by Crippen LogP contribution is 2.30. The molecule has 0 saturated carbocycles. The molecule has 1 heterocycles. The van der Waals surface area contributed by atoms with Crippen molar-refractivity contribution in [2.75, 3.05) is 17.6 Å². The molecule has 0 saturated heterocycles. The number of halogens is 1. The topological polar surface area (TPSA) is 71.2 Å². The molecule has 20 heavy (non-hydrogen) atoms. The van der Waals surface area contributed by atoms with E-state index in [1.165, 1.54) is 0 Å². The maximum Gasteiger partial charge on any atom is 0.0814 e. The number of hydrogen-bond acceptors (Lipinski definition) is 4. The Labute approximate surface area is 127 Å². The lowest BCUT2D eigenvalue weighted by Gasteiger charge is -2.26. The van der Waals surface area contributed by atoms with Gasteiger partial charge in [0, 0.05) is 16.4 Å². The summed E-state index contributed by atoms with van der Waals surface area (Å²) in [5.74, 6) is 0. The van der Waals surface area contributed by atoms with E-state index in [0.717, 1.165) is 21.1 Å². The Morgan fingerprint density at radius 3 is 2.70 bits per heavy atom. The summed E-state index contributed by atoms with van der Waals surface area (Å²) in [6.45, 7) is 4.43. The van der Waals surface area contributed by atoms with Gasteiger partial charge in [-0.15, -0.1) is 0 Å². The molecule has 0 unspecified atom stereocenters. The first-order valence-corrected chi connectivity index (χ1v) is 7.58. The van der Waals surface area contributed by atoms with Gasteiger partial charge >= 0.3 is 0 Å². The third-order valence-electron chi connectivity index (χ3n) is 3.77. The van der Waals surface area contributed by atoms with Crippen LogP contribution in [0.4, 0.5) is 11.4 Å². The Kier molecular flexibility index (Phi) is 4.50. The molecule has 0 aliphatic heterocycles. The molecule has 1 aromatic heterocycles. The van der Waals surface area contributed by atoms with Crippen LogP contribution in [-0.2, 0) is 0 Å². The Morgan fingerprint density at radius 1 is 1.35 bits per heavy atom. The predicted molar refractivity (Wildman–Crippen MR) is 87.9 cm³/mol. The quantitative estimate of drug-likeness (QED) is 0.780. The maximum atomic E-state index is 10.4. The largest absolute Gasteiger partial charge is 0.396 e. The van der Waals surface area contributed by atoms with Crippen LogP contribution in [-0.4, -0.2) is 22.2 Å². The first-order valence-electron chi connectivity index (χ1n) is 6.79. The van der Waals surface area contributed by atoms with E-state index >= 15 is 0 Å². The minimum Gasteiger partial charge on any atom is -0.396 e. The SMILES string of the molecule is CCC(O)(CC)CNc1c(N)cnc2ccc(Br)cc12. The molecule has 0 bridgehead atoms. The zero-order valence-corrected chi connectivity index (χ0v) is 13.4. The van der Waals surface area contributed by atoms with Gasteiger partial charge in [0.2, 0.25) is 0 Å². The first-order chi connectivity index (χ1) is 9.49. The number of pyridine rings is 1. The monoisotopic (exact) mass is 337 g/mol. The normalized spacial score (nSPS) is 11.8. The van der Waals surface area contributed by atoms with Crippen LogP contribution >= 0.6 is 15.9 Å². The van der Waals surface area contributed by atoms with Crippen molar-refractivity contribution in [3.8, 4) is 0 Å². The first kappa shape index (κ1) is 15.1. The molecular weight excluding hydrogens is 318 g/mol. The van der Waals surface area contributed by atoms with Crippen molar-refractivity contribution in [1.82, 2.24) is 4.98 Å². The van der Waals surface area contributed by atoms with E-state index in [9.17, 15) is 5.11 Å². The number of anilines is 2. The summed E-state index contributed by atoms with van der Waals surface area (Å²) in [7, 11) is 0. The molecule has 5 heteroatoms. The maximum absolute atomic E-state index is 10.4. The van der Waals surface area contributed by atoms with Gasteiger partial charge in [-0.05, 0) is 31.0 Å². The number of rotatable bonds is 5. The Hall–Kier alpha value is -1.33. The van der Waals surface area contributed by atoms with Crippen LogP contribution in [0.5, 0.6) is 0 Å². The van der Waals surface area contributed by atoms with Crippen molar-refractivity contribution in [3.63, 3.8) is 0 Å². The number of aliphatic hydroxyl groups is 1. The minimum atomic E-state index is -0.714. The van der Waals surface area contributed by atoms with Crippen LogP contribution in [0.15, 0.2) is 28.9 Å². The second-order valence-corrected chi connectivity index (χ2v) is 5.95. The molecular formula is C15H20BrN3O. The van der Waals surface area contributed by atoms with E-state index in [1.807, 2.05) is 32.0 Å². The highest BCUT2D eigenvalue weighted by atomic mass is 79.9. The molecule has 0 spiro atoms. The lowest BCUT2D eigenvalue weighted by atomic mass is 9.97. The predicted octanol–water partition coefficient (Wildman–Crippen LogP) is 3.54. The number of fused-ring (bicyclic) bond motifs is 1. The molecule has 0 aliphatic rings. The Bertz CT molecular complexity index is 606. The zero-order chi connectivity index (χ0) is 14.8. The van der Waals surface area contributed by atoms with Crippen LogP contribution in [0.25, 0.3) is 10.9 Å². The molecule has 2 rings (SSSR count). The van der Waals surface area contributed by atoms with Crippen molar-refractivity contribution < 1.29 is 5.11 Å². The number of nitrogens with two attached hydrogens (primary N) is 1. The van der Waals surface area contributed by atoms with Crippen molar-refractivity contribution in [2.45, 2.75) is 32.3 Å². The average molecular weight is 338 g/mol. The summed E-state index contributed by atoms with van der Waals surface area (Å²) < 4.78 is 0.974. The fourth-order valence-electron chi connectivity index (χ4n) is 2.13. The van der Waals surface area contributed by atoms with Crippen LogP contribution in [0, 0.1) is 0 Å². The number of nitrogen functional groups attached to an aromatic ring is 1. The van der Waals surface area contributed by atoms with Crippen molar-refractivity contribution >= 4 is 38.2 Å². The van der Waals surface area contributed by atoms with E-state index in [2.05, 4.69) is 26.2 Å². The van der Waals surface area contributed by atoms with E-state index < -0.39 is 5.60 Å². The highest BCUT2D eigenvalue weighted by molar-refractivity contribution is 9.10. The van der Waals surface area contributed by atoms with E-state index in [-0.39, 0.29) is 0 Å². The van der Waals surface area contributed by atoms with Crippen molar-refractivity contribution in [2.24, 2.45) is 0 Å². The summed E-state index contributed by atoms with van der Waals surface area (Å²) >= 11 is 3.46. The van der Waals surface area contributed by atoms with Gasteiger partial charge < -0.3 is 16.2 Å². The van der Waals surface area contributed by atoms with Crippen molar-refractivity contribution in [1.29, 1.82) is 0 Å². The molecule has 4 N–H and O–H groups in total. The lowest BCUT2D eigenvalue weighted by Crippen LogP contribution is -2.35.